The van der Waals surface area contributed by atoms with Crippen molar-refractivity contribution in [3.8, 4) is 23.0 Å². The Balaban J connectivity index is 0.000000228. The number of nitrogens with two attached hydrogens (primary N) is 1. The van der Waals surface area contributed by atoms with Crippen molar-refractivity contribution in [2.24, 2.45) is 0 Å². The van der Waals surface area contributed by atoms with Gasteiger partial charge >= 0.3 is 31.2 Å². The predicted octanol–water partition coefficient (Wildman–Crippen LogP) is 2.68. The van der Waals surface area contributed by atoms with E-state index in [-0.39, 0.29) is 24.5 Å². The van der Waals surface area contributed by atoms with Crippen LogP contribution in [0, 0.1) is 12.7 Å². The molecule has 0 bridgehead atoms. The lowest BCUT2D eigenvalue weighted by Crippen LogP contribution is -2.31. The maximum Gasteiger partial charge on any atom is 0.536 e. The molecule has 0 aromatic heterocycles. The maximum absolute atomic E-state index is 12.8. The van der Waals surface area contributed by atoms with Crippen molar-refractivity contribution in [1.29, 1.82) is 0 Å². The van der Waals surface area contributed by atoms with Crippen LogP contribution in [-0.2, 0) is 31.2 Å². The largest absolute Gasteiger partial charge is 0.536 e. The van der Waals surface area contributed by atoms with Gasteiger partial charge in [0.15, 0.2) is 23.0 Å². The predicted molar refractivity (Wildman–Crippen MR) is 162 cm³/mol. The Labute approximate surface area is 266 Å². The summed E-state index contributed by atoms with van der Waals surface area (Å²) >= 11 is 0. The smallest absolute Gasteiger partial charge is 0.454 e. The van der Waals surface area contributed by atoms with Crippen molar-refractivity contribution in [1.82, 2.24) is 4.90 Å². The van der Waals surface area contributed by atoms with Crippen molar-refractivity contribution in [3.63, 3.8) is 0 Å². The SMILES string of the molecule is C=[N+]1[CH-]C=[N+](S(=O)(=O)F)[C-]1C.CCN(CC)CC.Nc1ccc2c(c1)OCO2.O=S(=O)(F)N(c1ccc2c(c1)OCO2)S(=O)(=O)F. The van der Waals surface area contributed by atoms with Crippen LogP contribution < -0.4 is 28.4 Å². The van der Waals surface area contributed by atoms with Crippen LogP contribution in [0.25, 0.3) is 0 Å². The molecular weight excluding hydrogens is 683 g/mol. The van der Waals surface area contributed by atoms with Crippen molar-refractivity contribution in [3.05, 3.63) is 49.1 Å². The Hall–Kier alpha value is -4.08. The summed E-state index contributed by atoms with van der Waals surface area (Å²) in [6, 6.07) is 8.16. The van der Waals surface area contributed by atoms with Gasteiger partial charge < -0.3 is 34.2 Å². The van der Waals surface area contributed by atoms with Crippen LogP contribution in [0.2, 0.25) is 0 Å². The highest BCUT2D eigenvalue weighted by Crippen LogP contribution is 2.37. The van der Waals surface area contributed by atoms with Gasteiger partial charge in [0, 0.05) is 24.4 Å². The molecule has 2 aromatic carbocycles. The number of hydrogen-bond acceptors (Lipinski definition) is 12. The maximum atomic E-state index is 12.8. The lowest BCUT2D eigenvalue weighted by atomic mass is 10.3. The fourth-order valence-corrected chi connectivity index (χ4v) is 5.86. The van der Waals surface area contributed by atoms with Crippen LogP contribution >= 0.6 is 0 Å². The summed E-state index contributed by atoms with van der Waals surface area (Å²) in [5, 5.41) is 0. The van der Waals surface area contributed by atoms with Crippen LogP contribution in [-0.4, -0.2) is 84.9 Å². The van der Waals surface area contributed by atoms with Crippen molar-refractivity contribution < 1.29 is 64.4 Å². The zero-order valence-corrected chi connectivity index (χ0v) is 27.6. The molecule has 0 saturated carbocycles. The van der Waals surface area contributed by atoms with Gasteiger partial charge in [0.05, 0.1) is 5.69 Å². The number of nitrogens with zero attached hydrogens (tertiary/aromatic N) is 4. The molecule has 0 spiro atoms. The summed E-state index contributed by atoms with van der Waals surface area (Å²) < 4.78 is 122. The van der Waals surface area contributed by atoms with E-state index in [2.05, 4.69) is 32.4 Å². The Morgan fingerprint density at radius 2 is 1.28 bits per heavy atom. The highest BCUT2D eigenvalue weighted by Gasteiger charge is 2.35. The van der Waals surface area contributed by atoms with Crippen LogP contribution in [0.3, 0.4) is 0 Å². The molecule has 46 heavy (non-hydrogen) atoms. The third-order valence-corrected chi connectivity index (χ3v) is 9.19. The monoisotopic (exact) mass is 717 g/mol. The summed E-state index contributed by atoms with van der Waals surface area (Å²) in [4.78, 5) is 2.38. The molecule has 0 amide bonds. The van der Waals surface area contributed by atoms with Gasteiger partial charge in [-0.1, -0.05) is 39.1 Å². The lowest BCUT2D eigenvalue weighted by Gasteiger charge is -2.14. The van der Waals surface area contributed by atoms with Gasteiger partial charge in [0.2, 0.25) is 19.8 Å². The van der Waals surface area contributed by atoms with E-state index in [1.807, 2.05) is 0 Å². The van der Waals surface area contributed by atoms with E-state index in [0.29, 0.717) is 16.5 Å². The first-order valence-corrected chi connectivity index (χ1v) is 17.2. The highest BCUT2D eigenvalue weighted by molar-refractivity contribution is 8.05. The normalized spacial score (nSPS) is 14.6. The topological polar surface area (TPSA) is 178 Å². The Bertz CT molecular complexity index is 1700. The molecule has 0 aliphatic carbocycles. The first-order chi connectivity index (χ1) is 21.3. The second kappa shape index (κ2) is 16.0. The molecule has 0 radical (unpaired) electrons. The number of halogens is 3. The second-order valence-corrected chi connectivity index (χ2v) is 12.7. The number of anilines is 2. The van der Waals surface area contributed by atoms with E-state index in [9.17, 15) is 36.9 Å². The highest BCUT2D eigenvalue weighted by atomic mass is 32.3. The van der Waals surface area contributed by atoms with Gasteiger partial charge in [0.1, 0.15) is 6.21 Å². The molecule has 2 aromatic rings. The van der Waals surface area contributed by atoms with Crippen molar-refractivity contribution in [2.45, 2.75) is 27.7 Å². The zero-order chi connectivity index (χ0) is 34.9. The van der Waals surface area contributed by atoms with Gasteiger partial charge in [-0.15, -0.1) is 16.1 Å². The molecule has 3 heterocycles. The minimum absolute atomic E-state index is 0.0233. The van der Waals surface area contributed by atoms with Crippen LogP contribution in [0.5, 0.6) is 23.0 Å². The lowest BCUT2D eigenvalue weighted by molar-refractivity contribution is -0.585. The molecule has 2 N–H and O–H groups in total. The van der Waals surface area contributed by atoms with Gasteiger partial charge in [-0.25, -0.2) is 0 Å². The van der Waals surface area contributed by atoms with Crippen molar-refractivity contribution in [2.75, 3.05) is 42.7 Å². The Kier molecular flexibility index (Phi) is 13.2. The molecule has 0 atom stereocenters. The fraction of sp³-hybridized carbons (Fsp3) is 0.360. The molecular formula is C25H34F3N5O10S3. The molecule has 0 fully saturated rings. The zero-order valence-electron chi connectivity index (χ0n) is 25.2. The second-order valence-electron chi connectivity index (χ2n) is 8.90. The molecule has 15 nitrogen and oxygen atoms in total. The fourth-order valence-electron chi connectivity index (χ4n) is 3.65. The van der Waals surface area contributed by atoms with E-state index in [0.717, 1.165) is 35.9 Å². The van der Waals surface area contributed by atoms with Gasteiger partial charge in [-0.2, -0.15) is 16.8 Å². The Morgan fingerprint density at radius 1 is 0.826 bits per heavy atom. The third-order valence-electron chi connectivity index (χ3n) is 6.05. The number of rotatable bonds is 7. The minimum Gasteiger partial charge on any atom is -0.454 e. The third kappa shape index (κ3) is 10.8. The molecule has 3 aliphatic rings. The number of benzene rings is 2. The van der Waals surface area contributed by atoms with E-state index in [1.54, 1.807) is 18.2 Å². The van der Waals surface area contributed by atoms with E-state index < -0.39 is 40.6 Å². The van der Waals surface area contributed by atoms with Gasteiger partial charge in [-0.3, -0.25) is 0 Å². The van der Waals surface area contributed by atoms with E-state index in [1.165, 1.54) is 37.7 Å². The van der Waals surface area contributed by atoms with Gasteiger partial charge in [-0.05, 0) is 50.8 Å². The average molecular weight is 718 g/mol. The van der Waals surface area contributed by atoms with Crippen LogP contribution in [0.1, 0.15) is 27.7 Å². The molecule has 0 saturated heterocycles. The molecule has 0 unspecified atom stereocenters. The first kappa shape index (κ1) is 38.1. The number of ether oxygens (including phenoxy) is 4. The number of hydrogen-bond donors (Lipinski definition) is 1. The minimum atomic E-state index is -5.82. The average Bonchev–Trinajstić information content (AvgIpc) is 3.69. The summed E-state index contributed by atoms with van der Waals surface area (Å²) in [7, 11) is -16.3. The number of nitrogen functional groups attached to an aromatic ring is 1. The first-order valence-electron chi connectivity index (χ1n) is 13.2. The number of fused-ring (bicyclic) bond motifs is 2. The quantitative estimate of drug-likeness (QED) is 0.192. The van der Waals surface area contributed by atoms with Crippen molar-refractivity contribution >= 4 is 55.5 Å². The van der Waals surface area contributed by atoms with Gasteiger partial charge in [0.25, 0.3) is 0 Å². The molecule has 258 valence electrons. The summed E-state index contributed by atoms with van der Waals surface area (Å²) in [5.74, 6) is 1.69. The van der Waals surface area contributed by atoms with Crippen LogP contribution in [0.4, 0.5) is 23.0 Å². The van der Waals surface area contributed by atoms with E-state index >= 15 is 0 Å². The van der Waals surface area contributed by atoms with Crippen LogP contribution in [0.15, 0.2) is 36.4 Å². The summed E-state index contributed by atoms with van der Waals surface area (Å²) in [6.45, 7) is 16.5. The summed E-state index contributed by atoms with van der Waals surface area (Å²) in [5.41, 5.74) is 5.43. The standard InChI is InChI=1S/C7H5F2NO6S2.C7H7NO2.C6H15N.C5H7FN2O2S/c8-17(11,12)10(18(9,13)14)5-1-2-6-7(3-5)16-4-15-6;8-5-1-2-6-7(3-5)10-4-9-6;1-4-7(5-2)6-3;1-5-7(2)3-4-8(5)11(6,9)10/h1-3H,4H2;1-3H,4,8H2;4-6H2,1-3H3;3-4H,2H2,1H3. The molecule has 3 aliphatic heterocycles. The summed E-state index contributed by atoms with van der Waals surface area (Å²) in [6.07, 6.45) is 1.31. The Morgan fingerprint density at radius 3 is 1.65 bits per heavy atom. The molecule has 21 heteroatoms. The molecule has 5 rings (SSSR count). The van der Waals surface area contributed by atoms with E-state index in [4.69, 9.17) is 24.7 Å².